The van der Waals surface area contributed by atoms with E-state index in [0.29, 0.717) is 0 Å². The number of nitrogens with two attached hydrogens (primary N) is 1. The molecule has 0 saturated carbocycles. The standard InChI is InChI=1S/C10H23N3O/c1-4-5-7-12-10(14)13(3)8-6-9(2)11/h9H,4-8,11H2,1-3H3,(H,12,14). The summed E-state index contributed by atoms with van der Waals surface area (Å²) in [5.41, 5.74) is 5.60. The molecule has 3 N–H and O–H groups in total. The molecule has 0 aromatic heterocycles. The first kappa shape index (κ1) is 13.2. The third-order valence-corrected chi connectivity index (χ3v) is 2.07. The number of rotatable bonds is 6. The molecule has 1 unspecified atom stereocenters. The summed E-state index contributed by atoms with van der Waals surface area (Å²) in [7, 11) is 1.80. The Bertz CT molecular complexity index is 159. The van der Waals surface area contributed by atoms with Crippen molar-refractivity contribution in [3.8, 4) is 0 Å². The third-order valence-electron chi connectivity index (χ3n) is 2.07. The molecule has 0 aliphatic rings. The first-order valence-electron chi connectivity index (χ1n) is 5.32. The van der Waals surface area contributed by atoms with E-state index in [9.17, 15) is 4.79 Å². The highest BCUT2D eigenvalue weighted by Crippen LogP contribution is 1.92. The highest BCUT2D eigenvalue weighted by atomic mass is 16.2. The zero-order chi connectivity index (χ0) is 11.0. The lowest BCUT2D eigenvalue weighted by Crippen LogP contribution is -2.39. The average molecular weight is 201 g/mol. The van der Waals surface area contributed by atoms with Crippen molar-refractivity contribution in [2.75, 3.05) is 20.1 Å². The molecule has 0 aromatic carbocycles. The predicted octanol–water partition coefficient (Wildman–Crippen LogP) is 1.17. The molecule has 1 atom stereocenters. The highest BCUT2D eigenvalue weighted by Gasteiger charge is 2.07. The maximum atomic E-state index is 11.4. The van der Waals surface area contributed by atoms with Crippen LogP contribution >= 0.6 is 0 Å². The second-order valence-electron chi connectivity index (χ2n) is 3.77. The van der Waals surface area contributed by atoms with Gasteiger partial charge in [-0.05, 0) is 19.8 Å². The molecule has 0 spiro atoms. The van der Waals surface area contributed by atoms with Crippen molar-refractivity contribution in [1.29, 1.82) is 0 Å². The topological polar surface area (TPSA) is 58.4 Å². The molecule has 84 valence electrons. The Balaban J connectivity index is 3.54. The number of hydrogen-bond acceptors (Lipinski definition) is 2. The van der Waals surface area contributed by atoms with Crippen LogP contribution in [-0.4, -0.2) is 37.1 Å². The minimum atomic E-state index is -0.000833. The summed E-state index contributed by atoms with van der Waals surface area (Å²) in [6.45, 7) is 5.53. The van der Waals surface area contributed by atoms with Crippen molar-refractivity contribution in [2.24, 2.45) is 5.73 Å². The molecule has 0 aromatic rings. The first-order valence-corrected chi connectivity index (χ1v) is 5.32. The number of nitrogens with zero attached hydrogens (tertiary/aromatic N) is 1. The smallest absolute Gasteiger partial charge is 0.317 e. The summed E-state index contributed by atoms with van der Waals surface area (Å²) in [5.74, 6) is 0. The van der Waals surface area contributed by atoms with Crippen LogP contribution < -0.4 is 11.1 Å². The Hall–Kier alpha value is -0.770. The van der Waals surface area contributed by atoms with Crippen LogP contribution in [0.1, 0.15) is 33.1 Å². The molecule has 0 aliphatic carbocycles. The van der Waals surface area contributed by atoms with Crippen molar-refractivity contribution in [2.45, 2.75) is 39.2 Å². The van der Waals surface area contributed by atoms with Crippen molar-refractivity contribution in [3.63, 3.8) is 0 Å². The predicted molar refractivity (Wildman–Crippen MR) is 59.2 cm³/mol. The van der Waals surface area contributed by atoms with Crippen LogP contribution in [0, 0.1) is 0 Å². The minimum Gasteiger partial charge on any atom is -0.338 e. The summed E-state index contributed by atoms with van der Waals surface area (Å²) in [5, 5.41) is 2.85. The van der Waals surface area contributed by atoms with Crippen LogP contribution in [-0.2, 0) is 0 Å². The molecule has 4 nitrogen and oxygen atoms in total. The monoisotopic (exact) mass is 201 g/mol. The van der Waals surface area contributed by atoms with Crippen molar-refractivity contribution in [1.82, 2.24) is 10.2 Å². The molecule has 14 heavy (non-hydrogen) atoms. The molecule has 4 heteroatoms. The van der Waals surface area contributed by atoms with E-state index in [4.69, 9.17) is 5.73 Å². The maximum Gasteiger partial charge on any atom is 0.317 e. The number of carbonyl (C=O) groups excluding carboxylic acids is 1. The van der Waals surface area contributed by atoms with E-state index in [1.165, 1.54) is 0 Å². The fraction of sp³-hybridized carbons (Fsp3) is 0.900. The van der Waals surface area contributed by atoms with Gasteiger partial charge in [0.25, 0.3) is 0 Å². The van der Waals surface area contributed by atoms with Crippen LogP contribution in [0.15, 0.2) is 0 Å². The molecule has 0 rings (SSSR count). The third kappa shape index (κ3) is 6.71. The van der Waals surface area contributed by atoms with E-state index in [-0.39, 0.29) is 12.1 Å². The van der Waals surface area contributed by atoms with E-state index < -0.39 is 0 Å². The van der Waals surface area contributed by atoms with E-state index in [1.807, 2.05) is 6.92 Å². The van der Waals surface area contributed by atoms with Gasteiger partial charge >= 0.3 is 6.03 Å². The number of carbonyl (C=O) groups is 1. The lowest BCUT2D eigenvalue weighted by molar-refractivity contribution is 0.207. The second kappa shape index (κ2) is 7.62. The minimum absolute atomic E-state index is 0.000833. The van der Waals surface area contributed by atoms with Gasteiger partial charge in [-0.3, -0.25) is 0 Å². The SMILES string of the molecule is CCCCNC(=O)N(C)CCC(C)N. The summed E-state index contributed by atoms with van der Waals surface area (Å²) in [4.78, 5) is 13.1. The molecule has 0 saturated heterocycles. The maximum absolute atomic E-state index is 11.4. The molecule has 0 fully saturated rings. The quantitative estimate of drug-likeness (QED) is 0.634. The lowest BCUT2D eigenvalue weighted by atomic mass is 10.2. The number of urea groups is 1. The number of nitrogens with one attached hydrogen (secondary N) is 1. The zero-order valence-electron chi connectivity index (χ0n) is 9.55. The fourth-order valence-electron chi connectivity index (χ4n) is 1.01. The van der Waals surface area contributed by atoms with Crippen LogP contribution in [0.4, 0.5) is 4.79 Å². The number of unbranched alkanes of at least 4 members (excludes halogenated alkanes) is 1. The summed E-state index contributed by atoms with van der Waals surface area (Å²) < 4.78 is 0. The molecular weight excluding hydrogens is 178 g/mol. The van der Waals surface area contributed by atoms with Gasteiger partial charge in [-0.1, -0.05) is 13.3 Å². The molecule has 0 aliphatic heterocycles. The van der Waals surface area contributed by atoms with Gasteiger partial charge in [0.1, 0.15) is 0 Å². The summed E-state index contributed by atoms with van der Waals surface area (Å²) >= 11 is 0. The number of hydrogen-bond donors (Lipinski definition) is 2. The van der Waals surface area contributed by atoms with Gasteiger partial charge in [0.05, 0.1) is 0 Å². The molecule has 0 bridgehead atoms. The van der Waals surface area contributed by atoms with Crippen molar-refractivity contribution >= 4 is 6.03 Å². The van der Waals surface area contributed by atoms with Crippen LogP contribution in [0.25, 0.3) is 0 Å². The zero-order valence-corrected chi connectivity index (χ0v) is 9.55. The van der Waals surface area contributed by atoms with Gasteiger partial charge in [0, 0.05) is 26.2 Å². The van der Waals surface area contributed by atoms with Gasteiger partial charge in [-0.2, -0.15) is 0 Å². The second-order valence-corrected chi connectivity index (χ2v) is 3.77. The van der Waals surface area contributed by atoms with Crippen LogP contribution in [0.3, 0.4) is 0 Å². The fourth-order valence-corrected chi connectivity index (χ4v) is 1.01. The van der Waals surface area contributed by atoms with Gasteiger partial charge < -0.3 is 16.0 Å². The Kier molecular flexibility index (Phi) is 7.20. The largest absolute Gasteiger partial charge is 0.338 e. The van der Waals surface area contributed by atoms with Gasteiger partial charge in [-0.25, -0.2) is 4.79 Å². The van der Waals surface area contributed by atoms with Crippen molar-refractivity contribution < 1.29 is 4.79 Å². The average Bonchev–Trinajstić information content (AvgIpc) is 2.14. The summed E-state index contributed by atoms with van der Waals surface area (Å²) in [6, 6.07) is 0.153. The van der Waals surface area contributed by atoms with Crippen LogP contribution in [0.5, 0.6) is 0 Å². The highest BCUT2D eigenvalue weighted by molar-refractivity contribution is 5.73. The van der Waals surface area contributed by atoms with E-state index in [1.54, 1.807) is 11.9 Å². The van der Waals surface area contributed by atoms with Crippen molar-refractivity contribution in [3.05, 3.63) is 0 Å². The molecule has 0 radical (unpaired) electrons. The normalized spacial score (nSPS) is 12.3. The molecule has 2 amide bonds. The van der Waals surface area contributed by atoms with E-state index in [0.717, 1.165) is 32.4 Å². The Morgan fingerprint density at radius 2 is 2.21 bits per heavy atom. The van der Waals surface area contributed by atoms with E-state index in [2.05, 4.69) is 12.2 Å². The molecular formula is C10H23N3O. The summed E-state index contributed by atoms with van der Waals surface area (Å²) in [6.07, 6.45) is 2.98. The Morgan fingerprint density at radius 3 is 2.71 bits per heavy atom. The Labute approximate surface area is 86.8 Å². The van der Waals surface area contributed by atoms with Gasteiger partial charge in [0.2, 0.25) is 0 Å². The number of amides is 2. The molecule has 0 heterocycles. The lowest BCUT2D eigenvalue weighted by Gasteiger charge is -2.18. The Morgan fingerprint density at radius 1 is 1.57 bits per heavy atom. The van der Waals surface area contributed by atoms with E-state index >= 15 is 0 Å². The van der Waals surface area contributed by atoms with Gasteiger partial charge in [0.15, 0.2) is 0 Å². The van der Waals surface area contributed by atoms with Gasteiger partial charge in [-0.15, -0.1) is 0 Å². The first-order chi connectivity index (χ1) is 6.57. The van der Waals surface area contributed by atoms with Crippen LogP contribution in [0.2, 0.25) is 0 Å².